The maximum Gasteiger partial charge on any atom is 0.191 e. The first-order valence-electron chi connectivity index (χ1n) is 9.73. The highest BCUT2D eigenvalue weighted by Gasteiger charge is 2.45. The second-order valence-electron chi connectivity index (χ2n) is 7.41. The van der Waals surface area contributed by atoms with Gasteiger partial charge in [0.25, 0.3) is 0 Å². The molecule has 0 unspecified atom stereocenters. The number of nitrogens with zero attached hydrogens (tertiary/aromatic N) is 3. The molecule has 5 nitrogen and oxygen atoms in total. The summed E-state index contributed by atoms with van der Waals surface area (Å²) in [7, 11) is 1.97. The Bertz CT molecular complexity index is 826. The predicted octanol–water partition coefficient (Wildman–Crippen LogP) is 3.62. The van der Waals surface area contributed by atoms with E-state index in [-0.39, 0.29) is 35.2 Å². The molecule has 1 aromatic carbocycles. The van der Waals surface area contributed by atoms with Crippen molar-refractivity contribution in [1.82, 2.24) is 20.4 Å². The predicted molar refractivity (Wildman–Crippen MR) is 123 cm³/mol. The highest BCUT2D eigenvalue weighted by Crippen LogP contribution is 2.49. The van der Waals surface area contributed by atoms with E-state index in [0.29, 0.717) is 6.54 Å². The molecule has 1 aromatic heterocycles. The summed E-state index contributed by atoms with van der Waals surface area (Å²) in [6.07, 6.45) is 2.88. The zero-order valence-corrected chi connectivity index (χ0v) is 19.5. The van der Waals surface area contributed by atoms with E-state index in [1.165, 1.54) is 11.3 Å². The van der Waals surface area contributed by atoms with Gasteiger partial charge in [0.05, 0.1) is 12.2 Å². The monoisotopic (exact) mass is 499 g/mol. The van der Waals surface area contributed by atoms with Crippen molar-refractivity contribution in [3.63, 3.8) is 0 Å². The van der Waals surface area contributed by atoms with Gasteiger partial charge in [-0.3, -0.25) is 9.67 Å². The topological polar surface area (TPSA) is 54.2 Å². The SMILES string of the molecule is CCNC(=NCC1(c2ccccc2F)CC1)NCCc1c(C)nn(C)c1C.I. The summed E-state index contributed by atoms with van der Waals surface area (Å²) in [6, 6.07) is 7.09. The van der Waals surface area contributed by atoms with E-state index in [0.717, 1.165) is 49.6 Å². The van der Waals surface area contributed by atoms with Gasteiger partial charge in [-0.25, -0.2) is 4.39 Å². The Morgan fingerprint density at radius 2 is 1.96 bits per heavy atom. The van der Waals surface area contributed by atoms with E-state index in [2.05, 4.69) is 29.6 Å². The number of guanidine groups is 1. The lowest BCUT2D eigenvalue weighted by Gasteiger charge is -2.16. The maximum atomic E-state index is 14.2. The largest absolute Gasteiger partial charge is 0.357 e. The third-order valence-corrected chi connectivity index (χ3v) is 5.51. The summed E-state index contributed by atoms with van der Waals surface area (Å²) < 4.78 is 16.1. The Morgan fingerprint density at radius 1 is 1.25 bits per heavy atom. The van der Waals surface area contributed by atoms with Crippen LogP contribution >= 0.6 is 24.0 Å². The van der Waals surface area contributed by atoms with Crippen molar-refractivity contribution >= 4 is 29.9 Å². The molecule has 0 bridgehead atoms. The molecule has 1 fully saturated rings. The van der Waals surface area contributed by atoms with Crippen molar-refractivity contribution in [3.05, 3.63) is 52.6 Å². The van der Waals surface area contributed by atoms with Gasteiger partial charge in [-0.05, 0) is 57.2 Å². The summed E-state index contributed by atoms with van der Waals surface area (Å²) in [5.41, 5.74) is 4.23. The van der Waals surface area contributed by atoms with Gasteiger partial charge >= 0.3 is 0 Å². The molecule has 2 N–H and O–H groups in total. The molecule has 1 heterocycles. The number of hydrogen-bond donors (Lipinski definition) is 2. The molecule has 1 aliphatic carbocycles. The first-order valence-corrected chi connectivity index (χ1v) is 9.73. The number of aryl methyl sites for hydroxylation is 2. The van der Waals surface area contributed by atoms with E-state index < -0.39 is 0 Å². The van der Waals surface area contributed by atoms with Crippen LogP contribution in [0.25, 0.3) is 0 Å². The van der Waals surface area contributed by atoms with Crippen LogP contribution < -0.4 is 10.6 Å². The van der Waals surface area contributed by atoms with Crippen LogP contribution in [0, 0.1) is 19.7 Å². The van der Waals surface area contributed by atoms with Gasteiger partial charge in [0, 0.05) is 31.2 Å². The third kappa shape index (κ3) is 5.04. The minimum absolute atomic E-state index is 0. The standard InChI is InChI=1S/C21H30FN5.HI/c1-5-23-20(24-13-10-17-15(2)26-27(4)16(17)3)25-14-21(11-12-21)18-8-6-7-9-19(18)22;/h6-9H,5,10-14H2,1-4H3,(H2,23,24,25);1H. The van der Waals surface area contributed by atoms with Crippen molar-refractivity contribution in [2.24, 2.45) is 12.0 Å². The van der Waals surface area contributed by atoms with E-state index in [9.17, 15) is 4.39 Å². The Labute approximate surface area is 184 Å². The third-order valence-electron chi connectivity index (χ3n) is 5.51. The van der Waals surface area contributed by atoms with Crippen LogP contribution in [0.4, 0.5) is 4.39 Å². The average Bonchev–Trinajstić information content (AvgIpc) is 3.39. The number of benzene rings is 1. The van der Waals surface area contributed by atoms with E-state index in [1.807, 2.05) is 30.8 Å². The minimum atomic E-state index is -0.135. The highest BCUT2D eigenvalue weighted by atomic mass is 127. The zero-order chi connectivity index (χ0) is 19.4. The highest BCUT2D eigenvalue weighted by molar-refractivity contribution is 14.0. The van der Waals surface area contributed by atoms with Gasteiger partial charge < -0.3 is 10.6 Å². The van der Waals surface area contributed by atoms with Crippen LogP contribution in [0.2, 0.25) is 0 Å². The molecule has 1 saturated carbocycles. The summed E-state index contributed by atoms with van der Waals surface area (Å²) in [6.45, 7) is 8.38. The first kappa shape index (κ1) is 22.6. The first-order chi connectivity index (χ1) is 13.0. The smallest absolute Gasteiger partial charge is 0.191 e. The quantitative estimate of drug-likeness (QED) is 0.348. The summed E-state index contributed by atoms with van der Waals surface area (Å²) >= 11 is 0. The zero-order valence-electron chi connectivity index (χ0n) is 17.2. The van der Waals surface area contributed by atoms with Crippen molar-refractivity contribution < 1.29 is 4.39 Å². The molecule has 0 aliphatic heterocycles. The van der Waals surface area contributed by atoms with Crippen molar-refractivity contribution in [1.29, 1.82) is 0 Å². The molecule has 154 valence electrons. The van der Waals surface area contributed by atoms with Gasteiger partial charge in [-0.15, -0.1) is 24.0 Å². The van der Waals surface area contributed by atoms with Crippen LogP contribution in [0.15, 0.2) is 29.3 Å². The van der Waals surface area contributed by atoms with E-state index >= 15 is 0 Å². The van der Waals surface area contributed by atoms with Crippen molar-refractivity contribution in [3.8, 4) is 0 Å². The van der Waals surface area contributed by atoms with Gasteiger partial charge in [0.2, 0.25) is 0 Å². The van der Waals surface area contributed by atoms with Crippen LogP contribution in [0.3, 0.4) is 0 Å². The molecule has 0 atom stereocenters. The van der Waals surface area contributed by atoms with Gasteiger partial charge in [0.15, 0.2) is 5.96 Å². The minimum Gasteiger partial charge on any atom is -0.357 e. The lowest BCUT2D eigenvalue weighted by atomic mass is 9.95. The molecule has 0 spiro atoms. The number of halogens is 2. The summed E-state index contributed by atoms with van der Waals surface area (Å²) in [4.78, 5) is 4.75. The fraction of sp³-hybridized carbons (Fsp3) is 0.524. The van der Waals surface area contributed by atoms with Gasteiger partial charge in [-0.2, -0.15) is 5.10 Å². The van der Waals surface area contributed by atoms with Crippen LogP contribution in [0.5, 0.6) is 0 Å². The van der Waals surface area contributed by atoms with Gasteiger partial charge in [0.1, 0.15) is 5.82 Å². The van der Waals surface area contributed by atoms with E-state index in [4.69, 9.17) is 4.99 Å². The molecule has 0 saturated heterocycles. The molecule has 1 aliphatic rings. The molecule has 3 rings (SSSR count). The second kappa shape index (κ2) is 9.71. The number of nitrogens with one attached hydrogen (secondary N) is 2. The summed E-state index contributed by atoms with van der Waals surface area (Å²) in [5, 5.41) is 11.2. The molecule has 0 amide bonds. The van der Waals surface area contributed by atoms with Crippen LogP contribution in [-0.2, 0) is 18.9 Å². The Kier molecular flexibility index (Phi) is 7.86. The van der Waals surface area contributed by atoms with E-state index in [1.54, 1.807) is 12.1 Å². The van der Waals surface area contributed by atoms with Crippen LogP contribution in [0.1, 0.15) is 42.3 Å². The maximum absolute atomic E-state index is 14.2. The molecule has 7 heteroatoms. The lowest BCUT2D eigenvalue weighted by Crippen LogP contribution is -2.39. The number of aliphatic imine (C=N–C) groups is 1. The lowest BCUT2D eigenvalue weighted by molar-refractivity contribution is 0.572. The van der Waals surface area contributed by atoms with Crippen molar-refractivity contribution in [2.45, 2.75) is 45.4 Å². The van der Waals surface area contributed by atoms with Crippen LogP contribution in [-0.4, -0.2) is 35.4 Å². The molecule has 0 radical (unpaired) electrons. The number of hydrogen-bond acceptors (Lipinski definition) is 2. The van der Waals surface area contributed by atoms with Crippen molar-refractivity contribution in [2.75, 3.05) is 19.6 Å². The molecule has 28 heavy (non-hydrogen) atoms. The average molecular weight is 499 g/mol. The molecular weight excluding hydrogens is 468 g/mol. The Morgan fingerprint density at radius 3 is 2.54 bits per heavy atom. The Hall–Kier alpha value is -1.64. The summed E-state index contributed by atoms with van der Waals surface area (Å²) in [5.74, 6) is 0.671. The molecular formula is C21H31FIN5. The number of aromatic nitrogens is 2. The second-order valence-corrected chi connectivity index (χ2v) is 7.41. The molecule has 2 aromatic rings. The number of rotatable bonds is 7. The normalized spacial score (nSPS) is 15.1. The fourth-order valence-electron chi connectivity index (χ4n) is 3.61. The fourth-order valence-corrected chi connectivity index (χ4v) is 3.61. The van der Waals surface area contributed by atoms with Gasteiger partial charge in [-0.1, -0.05) is 18.2 Å². The Balaban J connectivity index is 0.00000280.